The van der Waals surface area contributed by atoms with Gasteiger partial charge in [-0.05, 0) is 45.2 Å². The number of amides is 3. The molecule has 9 heteroatoms. The average Bonchev–Trinajstić information content (AvgIpc) is 3.25. The van der Waals surface area contributed by atoms with E-state index in [0.717, 1.165) is 49.5 Å². The lowest BCUT2D eigenvalue weighted by Crippen LogP contribution is -2.49. The second-order valence-electron chi connectivity index (χ2n) is 9.22. The Labute approximate surface area is 207 Å². The molecule has 2 aromatic rings. The number of urea groups is 1. The molecule has 3 amide bonds. The standard InChI is InChI=1S/C26H36N6O3/c1-3-27-26(34)32(18-22-6-4-17-35-22)19-25(33)31-14-5-13-30(15-16-31)24-12-11-23(28-29-24)21-9-7-20(2)8-10-21/h7-12,22H,3-6,13-19H2,1-2H3,(H,27,34)/t22-/m1/s1. The van der Waals surface area contributed by atoms with Gasteiger partial charge >= 0.3 is 6.03 Å². The van der Waals surface area contributed by atoms with E-state index in [4.69, 9.17) is 4.74 Å². The van der Waals surface area contributed by atoms with E-state index in [2.05, 4.69) is 51.6 Å². The average molecular weight is 481 g/mol. The summed E-state index contributed by atoms with van der Waals surface area (Å²) in [5, 5.41) is 11.7. The van der Waals surface area contributed by atoms with Gasteiger partial charge in [-0.2, -0.15) is 0 Å². The summed E-state index contributed by atoms with van der Waals surface area (Å²) >= 11 is 0. The lowest BCUT2D eigenvalue weighted by molar-refractivity contribution is -0.131. The molecule has 0 unspecified atom stereocenters. The first-order valence-electron chi connectivity index (χ1n) is 12.6. The van der Waals surface area contributed by atoms with Crippen LogP contribution in [0.3, 0.4) is 0 Å². The molecule has 1 aromatic heterocycles. The van der Waals surface area contributed by atoms with Crippen molar-refractivity contribution in [2.45, 2.75) is 39.2 Å². The lowest BCUT2D eigenvalue weighted by Gasteiger charge is -2.28. The Bertz CT molecular complexity index is 976. The van der Waals surface area contributed by atoms with Crippen molar-refractivity contribution in [1.82, 2.24) is 25.3 Å². The monoisotopic (exact) mass is 480 g/mol. The van der Waals surface area contributed by atoms with Crippen LogP contribution in [0, 0.1) is 6.92 Å². The Morgan fingerprint density at radius 1 is 1.06 bits per heavy atom. The fourth-order valence-corrected chi connectivity index (χ4v) is 4.55. The fourth-order valence-electron chi connectivity index (χ4n) is 4.55. The molecule has 1 N–H and O–H groups in total. The molecule has 9 nitrogen and oxygen atoms in total. The van der Waals surface area contributed by atoms with Gasteiger partial charge in [-0.3, -0.25) is 4.79 Å². The largest absolute Gasteiger partial charge is 0.376 e. The molecule has 2 fully saturated rings. The minimum atomic E-state index is -0.211. The minimum Gasteiger partial charge on any atom is -0.376 e. The van der Waals surface area contributed by atoms with Crippen molar-refractivity contribution in [2.24, 2.45) is 0 Å². The quantitative estimate of drug-likeness (QED) is 0.655. The molecule has 2 aliphatic heterocycles. The van der Waals surface area contributed by atoms with Crippen LogP contribution in [0.1, 0.15) is 31.7 Å². The second kappa shape index (κ2) is 12.0. The molecular formula is C26H36N6O3. The molecular weight excluding hydrogens is 444 g/mol. The number of nitrogens with zero attached hydrogens (tertiary/aromatic N) is 5. The Morgan fingerprint density at radius 3 is 2.57 bits per heavy atom. The number of aromatic nitrogens is 2. The number of aryl methyl sites for hydroxylation is 1. The highest BCUT2D eigenvalue weighted by atomic mass is 16.5. The Morgan fingerprint density at radius 2 is 1.89 bits per heavy atom. The summed E-state index contributed by atoms with van der Waals surface area (Å²) in [6.07, 6.45) is 2.76. The second-order valence-corrected chi connectivity index (χ2v) is 9.22. The van der Waals surface area contributed by atoms with Crippen molar-refractivity contribution in [3.8, 4) is 11.3 Å². The summed E-state index contributed by atoms with van der Waals surface area (Å²) in [7, 11) is 0. The molecule has 188 valence electrons. The third kappa shape index (κ3) is 6.69. The van der Waals surface area contributed by atoms with Gasteiger partial charge in [-0.25, -0.2) is 4.79 Å². The molecule has 35 heavy (non-hydrogen) atoms. The molecule has 1 aromatic carbocycles. The number of carbonyl (C=O) groups excluding carboxylic acids is 2. The summed E-state index contributed by atoms with van der Waals surface area (Å²) in [6, 6.07) is 12.0. The summed E-state index contributed by atoms with van der Waals surface area (Å²) < 4.78 is 5.70. The topological polar surface area (TPSA) is 90.9 Å². The first kappa shape index (κ1) is 24.9. The van der Waals surface area contributed by atoms with Gasteiger partial charge in [0.2, 0.25) is 5.91 Å². The van der Waals surface area contributed by atoms with Crippen LogP contribution in [-0.2, 0) is 9.53 Å². The van der Waals surface area contributed by atoms with E-state index in [-0.39, 0.29) is 24.6 Å². The number of anilines is 1. The Kier molecular flexibility index (Phi) is 8.52. The smallest absolute Gasteiger partial charge is 0.317 e. The summed E-state index contributed by atoms with van der Waals surface area (Å²) in [5.41, 5.74) is 3.10. The Hall–Kier alpha value is -3.20. The third-order valence-corrected chi connectivity index (χ3v) is 6.56. The molecule has 1 atom stereocenters. The first-order chi connectivity index (χ1) is 17.0. The molecule has 2 aliphatic rings. The summed E-state index contributed by atoms with van der Waals surface area (Å²) in [5.74, 6) is 0.786. The highest BCUT2D eigenvalue weighted by Crippen LogP contribution is 2.20. The fraction of sp³-hybridized carbons (Fsp3) is 0.538. The van der Waals surface area contributed by atoms with Crippen LogP contribution in [0.15, 0.2) is 36.4 Å². The number of ether oxygens (including phenoxy) is 1. The van der Waals surface area contributed by atoms with Crippen molar-refractivity contribution in [3.05, 3.63) is 42.0 Å². The zero-order valence-electron chi connectivity index (χ0n) is 20.8. The number of nitrogens with one attached hydrogen (secondary N) is 1. The minimum absolute atomic E-state index is 0.00601. The van der Waals surface area contributed by atoms with Crippen LogP contribution in [0.5, 0.6) is 0 Å². The third-order valence-electron chi connectivity index (χ3n) is 6.56. The van der Waals surface area contributed by atoms with Crippen LogP contribution in [0.25, 0.3) is 11.3 Å². The SMILES string of the molecule is CCNC(=O)N(CC(=O)N1CCCN(c2ccc(-c3ccc(C)cc3)nn2)CC1)C[C@H]1CCCO1. The predicted octanol–water partition coefficient (Wildman–Crippen LogP) is 2.70. The Balaban J connectivity index is 1.34. The lowest BCUT2D eigenvalue weighted by atomic mass is 10.1. The number of benzene rings is 1. The van der Waals surface area contributed by atoms with Gasteiger partial charge in [0.25, 0.3) is 0 Å². The number of carbonyl (C=O) groups is 2. The molecule has 0 radical (unpaired) electrons. The molecule has 0 bridgehead atoms. The van der Waals surface area contributed by atoms with E-state index in [9.17, 15) is 9.59 Å². The van der Waals surface area contributed by atoms with E-state index in [0.29, 0.717) is 32.7 Å². The van der Waals surface area contributed by atoms with Crippen LogP contribution in [-0.4, -0.2) is 90.5 Å². The van der Waals surface area contributed by atoms with Crippen molar-refractivity contribution >= 4 is 17.8 Å². The maximum atomic E-state index is 13.1. The van der Waals surface area contributed by atoms with Crippen LogP contribution >= 0.6 is 0 Å². The van der Waals surface area contributed by atoms with Gasteiger partial charge in [0.1, 0.15) is 6.54 Å². The zero-order chi connectivity index (χ0) is 24.6. The van der Waals surface area contributed by atoms with Crippen molar-refractivity contribution in [1.29, 1.82) is 0 Å². The first-order valence-corrected chi connectivity index (χ1v) is 12.6. The van der Waals surface area contributed by atoms with Gasteiger partial charge in [-0.1, -0.05) is 29.8 Å². The maximum absolute atomic E-state index is 13.1. The molecule has 2 saturated heterocycles. The summed E-state index contributed by atoms with van der Waals surface area (Å²) in [4.78, 5) is 31.3. The maximum Gasteiger partial charge on any atom is 0.317 e. The number of hydrogen-bond acceptors (Lipinski definition) is 6. The molecule has 0 aliphatic carbocycles. The van der Waals surface area contributed by atoms with Crippen molar-refractivity contribution < 1.29 is 14.3 Å². The van der Waals surface area contributed by atoms with E-state index in [1.165, 1.54) is 5.56 Å². The molecule has 4 rings (SSSR count). The number of rotatable bonds is 7. The highest BCUT2D eigenvalue weighted by molar-refractivity contribution is 5.84. The van der Waals surface area contributed by atoms with Gasteiger partial charge in [0, 0.05) is 51.4 Å². The van der Waals surface area contributed by atoms with Gasteiger partial charge in [-0.15, -0.1) is 10.2 Å². The number of hydrogen-bond donors (Lipinski definition) is 1. The van der Waals surface area contributed by atoms with Crippen molar-refractivity contribution in [2.75, 3.05) is 57.3 Å². The predicted molar refractivity (Wildman–Crippen MR) is 135 cm³/mol. The van der Waals surface area contributed by atoms with Crippen LogP contribution < -0.4 is 10.2 Å². The van der Waals surface area contributed by atoms with E-state index in [1.807, 2.05) is 24.0 Å². The van der Waals surface area contributed by atoms with E-state index in [1.54, 1.807) is 4.90 Å². The zero-order valence-corrected chi connectivity index (χ0v) is 20.8. The van der Waals surface area contributed by atoms with Crippen LogP contribution in [0.4, 0.5) is 10.6 Å². The molecule has 0 spiro atoms. The molecule has 0 saturated carbocycles. The van der Waals surface area contributed by atoms with Gasteiger partial charge in [0.05, 0.1) is 11.8 Å². The van der Waals surface area contributed by atoms with Crippen molar-refractivity contribution in [3.63, 3.8) is 0 Å². The normalized spacial score (nSPS) is 18.3. The van der Waals surface area contributed by atoms with E-state index >= 15 is 0 Å². The van der Waals surface area contributed by atoms with Gasteiger partial charge < -0.3 is 24.8 Å². The van der Waals surface area contributed by atoms with Crippen LogP contribution in [0.2, 0.25) is 0 Å². The summed E-state index contributed by atoms with van der Waals surface area (Å²) in [6.45, 7) is 8.43. The van der Waals surface area contributed by atoms with Gasteiger partial charge in [0.15, 0.2) is 5.82 Å². The highest BCUT2D eigenvalue weighted by Gasteiger charge is 2.27. The molecule has 3 heterocycles. The van der Waals surface area contributed by atoms with E-state index < -0.39 is 0 Å².